The normalized spacial score (nSPS) is 42.2. The molecule has 0 aromatic rings. The van der Waals surface area contributed by atoms with E-state index in [9.17, 15) is 4.79 Å². The second-order valence-electron chi connectivity index (χ2n) is 8.90. The predicted octanol–water partition coefficient (Wildman–Crippen LogP) is 4.29. The first kappa shape index (κ1) is 14.1. The molecule has 0 saturated heterocycles. The van der Waals surface area contributed by atoms with Crippen LogP contribution in [0.4, 0.5) is 0 Å². The Morgan fingerprint density at radius 2 is 1.48 bits per heavy atom. The van der Waals surface area contributed by atoms with Gasteiger partial charge in [-0.15, -0.1) is 0 Å². The molecule has 5 saturated carbocycles. The molecule has 2 heteroatoms. The lowest BCUT2D eigenvalue weighted by molar-refractivity contribution is -0.124. The van der Waals surface area contributed by atoms with Crippen LogP contribution in [0.25, 0.3) is 0 Å². The van der Waals surface area contributed by atoms with Gasteiger partial charge in [0.2, 0.25) is 5.91 Å². The predicted molar refractivity (Wildman–Crippen MR) is 84.8 cm³/mol. The maximum atomic E-state index is 12.3. The van der Waals surface area contributed by atoms with Crippen LogP contribution >= 0.6 is 0 Å². The molecule has 0 aliphatic heterocycles. The first-order valence-electron chi connectivity index (χ1n) is 9.47. The largest absolute Gasteiger partial charge is 0.356 e. The third kappa shape index (κ3) is 3.00. The zero-order valence-corrected chi connectivity index (χ0v) is 13.4. The lowest BCUT2D eigenvalue weighted by atomic mass is 9.49. The van der Waals surface area contributed by atoms with Crippen LogP contribution in [0.15, 0.2) is 0 Å². The van der Waals surface area contributed by atoms with Crippen LogP contribution in [-0.4, -0.2) is 12.5 Å². The Hall–Kier alpha value is -0.530. The third-order valence-corrected chi connectivity index (χ3v) is 7.02. The summed E-state index contributed by atoms with van der Waals surface area (Å²) in [5.41, 5.74) is 0.497. The summed E-state index contributed by atoms with van der Waals surface area (Å²) in [6.45, 7) is 0.988. The molecule has 0 unspecified atom stereocenters. The first-order chi connectivity index (χ1) is 10.2. The van der Waals surface area contributed by atoms with Crippen molar-refractivity contribution in [2.45, 2.75) is 77.0 Å². The van der Waals surface area contributed by atoms with Crippen molar-refractivity contribution in [3.8, 4) is 0 Å². The minimum absolute atomic E-state index is 0.345. The van der Waals surface area contributed by atoms with E-state index in [2.05, 4.69) is 5.32 Å². The Bertz CT molecular complexity index is 361. The van der Waals surface area contributed by atoms with Crippen molar-refractivity contribution < 1.29 is 4.79 Å². The van der Waals surface area contributed by atoms with Crippen LogP contribution in [0.3, 0.4) is 0 Å². The standard InChI is InChI=1S/C19H31NO/c21-18(9-14-4-2-1-3-5-14)20-13-19-10-15-6-16(11-19)8-17(7-15)12-19/h14-17H,1-13H2,(H,20,21). The average Bonchev–Trinajstić information content (AvgIpc) is 2.45. The van der Waals surface area contributed by atoms with Gasteiger partial charge in [0.05, 0.1) is 0 Å². The molecule has 0 radical (unpaired) electrons. The number of hydrogen-bond acceptors (Lipinski definition) is 1. The molecule has 5 aliphatic rings. The fraction of sp³-hybridized carbons (Fsp3) is 0.947. The highest BCUT2D eigenvalue weighted by molar-refractivity contribution is 5.76. The lowest BCUT2D eigenvalue weighted by Gasteiger charge is -2.56. The highest BCUT2D eigenvalue weighted by atomic mass is 16.1. The Morgan fingerprint density at radius 1 is 0.905 bits per heavy atom. The fourth-order valence-corrected chi connectivity index (χ4v) is 6.52. The minimum Gasteiger partial charge on any atom is -0.356 e. The summed E-state index contributed by atoms with van der Waals surface area (Å²) in [6, 6.07) is 0. The van der Waals surface area contributed by atoms with E-state index in [0.717, 1.165) is 30.7 Å². The lowest BCUT2D eigenvalue weighted by Crippen LogP contribution is -2.51. The molecule has 0 aromatic heterocycles. The quantitative estimate of drug-likeness (QED) is 0.822. The molecule has 0 aromatic carbocycles. The molecule has 2 nitrogen and oxygen atoms in total. The average molecular weight is 289 g/mol. The molecule has 21 heavy (non-hydrogen) atoms. The Kier molecular flexibility index (Phi) is 3.75. The van der Waals surface area contributed by atoms with Gasteiger partial charge in [-0.05, 0) is 80.5 Å². The molecule has 5 fully saturated rings. The highest BCUT2D eigenvalue weighted by Crippen LogP contribution is 2.59. The maximum Gasteiger partial charge on any atom is 0.220 e. The molecule has 0 atom stereocenters. The summed E-state index contributed by atoms with van der Waals surface area (Å²) in [5.74, 6) is 4.00. The Labute approximate surface area is 129 Å². The Balaban J connectivity index is 1.29. The summed E-state index contributed by atoms with van der Waals surface area (Å²) in [7, 11) is 0. The monoisotopic (exact) mass is 289 g/mol. The van der Waals surface area contributed by atoms with Crippen LogP contribution in [-0.2, 0) is 4.79 Å². The van der Waals surface area contributed by atoms with Gasteiger partial charge in [0.1, 0.15) is 0 Å². The van der Waals surface area contributed by atoms with E-state index in [1.807, 2.05) is 0 Å². The number of amides is 1. The number of hydrogen-bond donors (Lipinski definition) is 1. The van der Waals surface area contributed by atoms with Gasteiger partial charge >= 0.3 is 0 Å². The molecule has 1 N–H and O–H groups in total. The van der Waals surface area contributed by atoms with Crippen molar-refractivity contribution in [2.24, 2.45) is 29.1 Å². The fourth-order valence-electron chi connectivity index (χ4n) is 6.52. The van der Waals surface area contributed by atoms with Crippen molar-refractivity contribution in [1.29, 1.82) is 0 Å². The van der Waals surface area contributed by atoms with Crippen molar-refractivity contribution in [1.82, 2.24) is 5.32 Å². The summed E-state index contributed by atoms with van der Waals surface area (Å²) in [6.07, 6.45) is 16.1. The second-order valence-corrected chi connectivity index (χ2v) is 8.90. The van der Waals surface area contributed by atoms with E-state index in [-0.39, 0.29) is 0 Å². The van der Waals surface area contributed by atoms with Gasteiger partial charge in [0, 0.05) is 13.0 Å². The van der Waals surface area contributed by atoms with Crippen molar-refractivity contribution in [3.63, 3.8) is 0 Å². The van der Waals surface area contributed by atoms with E-state index in [1.54, 1.807) is 0 Å². The van der Waals surface area contributed by atoms with Gasteiger partial charge in [-0.25, -0.2) is 0 Å². The zero-order chi connectivity index (χ0) is 14.3. The number of rotatable bonds is 4. The summed E-state index contributed by atoms with van der Waals surface area (Å²) in [4.78, 5) is 12.3. The van der Waals surface area contributed by atoms with Crippen LogP contribution in [0.2, 0.25) is 0 Å². The minimum atomic E-state index is 0.345. The smallest absolute Gasteiger partial charge is 0.220 e. The summed E-state index contributed by atoms with van der Waals surface area (Å²) >= 11 is 0. The number of nitrogens with one attached hydrogen (secondary N) is 1. The zero-order valence-electron chi connectivity index (χ0n) is 13.4. The summed E-state index contributed by atoms with van der Waals surface area (Å²) < 4.78 is 0. The van der Waals surface area contributed by atoms with Crippen molar-refractivity contribution >= 4 is 5.91 Å². The van der Waals surface area contributed by atoms with Gasteiger partial charge in [0.25, 0.3) is 0 Å². The molecule has 0 spiro atoms. The van der Waals surface area contributed by atoms with Gasteiger partial charge in [-0.3, -0.25) is 4.79 Å². The third-order valence-electron chi connectivity index (χ3n) is 7.02. The van der Waals surface area contributed by atoms with Crippen molar-refractivity contribution in [3.05, 3.63) is 0 Å². The van der Waals surface area contributed by atoms with E-state index >= 15 is 0 Å². The first-order valence-corrected chi connectivity index (χ1v) is 9.47. The van der Waals surface area contributed by atoms with Gasteiger partial charge in [-0.1, -0.05) is 19.3 Å². The van der Waals surface area contributed by atoms with E-state index in [4.69, 9.17) is 0 Å². The highest BCUT2D eigenvalue weighted by Gasteiger charge is 2.50. The topological polar surface area (TPSA) is 29.1 Å². The molecule has 1 amide bonds. The van der Waals surface area contributed by atoms with E-state index < -0.39 is 0 Å². The maximum absolute atomic E-state index is 12.3. The Morgan fingerprint density at radius 3 is 2.05 bits per heavy atom. The van der Waals surface area contributed by atoms with E-state index in [1.165, 1.54) is 70.6 Å². The SMILES string of the molecule is O=C(CC1CCCCC1)NCC12CC3CC(CC(C3)C1)C2. The van der Waals surface area contributed by atoms with Gasteiger partial charge in [-0.2, -0.15) is 0 Å². The van der Waals surface area contributed by atoms with Crippen molar-refractivity contribution in [2.75, 3.05) is 6.54 Å². The second kappa shape index (κ2) is 5.59. The molecule has 0 heterocycles. The van der Waals surface area contributed by atoms with Crippen LogP contribution in [0, 0.1) is 29.1 Å². The molecule has 118 valence electrons. The van der Waals surface area contributed by atoms with Crippen LogP contribution < -0.4 is 5.32 Å². The number of carbonyl (C=O) groups is 1. The molecular formula is C19H31NO. The van der Waals surface area contributed by atoms with Crippen LogP contribution in [0.5, 0.6) is 0 Å². The molecule has 5 rings (SSSR count). The number of carbonyl (C=O) groups excluding carboxylic acids is 1. The van der Waals surface area contributed by atoms with Crippen LogP contribution in [0.1, 0.15) is 77.0 Å². The summed E-state index contributed by atoms with van der Waals surface area (Å²) in [5, 5.41) is 3.35. The van der Waals surface area contributed by atoms with Gasteiger partial charge in [0.15, 0.2) is 0 Å². The molecule has 4 bridgehead atoms. The molecular weight excluding hydrogens is 258 g/mol. The molecule has 5 aliphatic carbocycles. The van der Waals surface area contributed by atoms with Gasteiger partial charge < -0.3 is 5.32 Å². The van der Waals surface area contributed by atoms with E-state index in [0.29, 0.717) is 17.2 Å².